The number of amides is 3. The number of hydrogen-bond acceptors (Lipinski definition) is 2. The summed E-state index contributed by atoms with van der Waals surface area (Å²) in [5, 5.41) is 6.24. The smallest absolute Gasteiger partial charge is 0.321 e. The predicted molar refractivity (Wildman–Crippen MR) is 109 cm³/mol. The van der Waals surface area contributed by atoms with Crippen LogP contribution in [0.1, 0.15) is 19.8 Å². The molecule has 2 aromatic carbocycles. The molecule has 1 fully saturated rings. The molecule has 1 aliphatic heterocycles. The maximum absolute atomic E-state index is 13.3. The molecule has 148 valence electrons. The Morgan fingerprint density at radius 3 is 2.39 bits per heavy atom. The summed E-state index contributed by atoms with van der Waals surface area (Å²) in [7, 11) is 0. The van der Waals surface area contributed by atoms with E-state index in [0.717, 1.165) is 12.8 Å². The summed E-state index contributed by atoms with van der Waals surface area (Å²) in [4.78, 5) is 26.6. The first kappa shape index (κ1) is 20.1. The summed E-state index contributed by atoms with van der Waals surface area (Å²) in [5.41, 5.74) is 1.15. The number of hydrogen-bond donors (Lipinski definition) is 2. The fourth-order valence-corrected chi connectivity index (χ4v) is 3.50. The van der Waals surface area contributed by atoms with Crippen molar-refractivity contribution in [2.24, 2.45) is 11.8 Å². The molecule has 1 atom stereocenters. The van der Waals surface area contributed by atoms with Crippen LogP contribution >= 0.6 is 11.6 Å². The summed E-state index contributed by atoms with van der Waals surface area (Å²) in [6.45, 7) is 3.05. The van der Waals surface area contributed by atoms with Crippen LogP contribution in [-0.2, 0) is 4.79 Å². The summed E-state index contributed by atoms with van der Waals surface area (Å²) in [5.74, 6) is -0.557. The third-order valence-corrected chi connectivity index (χ3v) is 5.39. The maximum atomic E-state index is 13.3. The second-order valence-corrected chi connectivity index (χ2v) is 7.49. The van der Waals surface area contributed by atoms with Crippen molar-refractivity contribution in [1.82, 2.24) is 4.90 Å². The Hall–Kier alpha value is -2.60. The summed E-state index contributed by atoms with van der Waals surface area (Å²) < 4.78 is 13.3. The molecule has 0 bridgehead atoms. The standard InChI is InChI=1S/C21H23ClFN3O2/c1-14(20(27)24-19-4-2-3-17(23)13-19)15-9-11-26(12-10-15)21(28)25-18-7-5-16(22)6-8-18/h2-8,13-15H,9-12H2,1H3,(H,24,27)(H,25,28)/t14-/m0/s1. The van der Waals surface area contributed by atoms with Crippen LogP contribution in [0, 0.1) is 17.7 Å². The number of urea groups is 1. The second-order valence-electron chi connectivity index (χ2n) is 7.05. The zero-order valence-electron chi connectivity index (χ0n) is 15.6. The molecule has 0 aliphatic carbocycles. The van der Waals surface area contributed by atoms with E-state index in [9.17, 15) is 14.0 Å². The highest BCUT2D eigenvalue weighted by molar-refractivity contribution is 6.30. The molecular formula is C21H23ClFN3O2. The summed E-state index contributed by atoms with van der Waals surface area (Å²) >= 11 is 5.85. The number of anilines is 2. The zero-order valence-corrected chi connectivity index (χ0v) is 16.4. The molecule has 0 spiro atoms. The van der Waals surface area contributed by atoms with Gasteiger partial charge in [-0.05, 0) is 61.2 Å². The molecular weight excluding hydrogens is 381 g/mol. The van der Waals surface area contributed by atoms with Gasteiger partial charge < -0.3 is 15.5 Å². The van der Waals surface area contributed by atoms with E-state index in [1.165, 1.54) is 12.1 Å². The van der Waals surface area contributed by atoms with E-state index in [1.54, 1.807) is 41.3 Å². The van der Waals surface area contributed by atoms with Gasteiger partial charge in [0.25, 0.3) is 0 Å². The van der Waals surface area contributed by atoms with Crippen molar-refractivity contribution in [3.8, 4) is 0 Å². The molecule has 2 aromatic rings. The number of nitrogens with one attached hydrogen (secondary N) is 2. The van der Waals surface area contributed by atoms with Crippen molar-refractivity contribution >= 4 is 34.9 Å². The minimum Gasteiger partial charge on any atom is -0.326 e. The zero-order chi connectivity index (χ0) is 20.1. The molecule has 28 heavy (non-hydrogen) atoms. The van der Waals surface area contributed by atoms with Crippen LogP contribution in [0.3, 0.4) is 0 Å². The number of carbonyl (C=O) groups excluding carboxylic acids is 2. The van der Waals surface area contributed by atoms with Gasteiger partial charge in [0.05, 0.1) is 0 Å². The van der Waals surface area contributed by atoms with E-state index in [1.807, 2.05) is 6.92 Å². The Bertz CT molecular complexity index is 836. The maximum Gasteiger partial charge on any atom is 0.321 e. The monoisotopic (exact) mass is 403 g/mol. The number of halogens is 2. The second kappa shape index (κ2) is 9.06. The SMILES string of the molecule is C[C@H](C(=O)Nc1cccc(F)c1)C1CCN(C(=O)Nc2ccc(Cl)cc2)CC1. The quantitative estimate of drug-likeness (QED) is 0.754. The van der Waals surface area contributed by atoms with Crippen molar-refractivity contribution in [2.45, 2.75) is 19.8 Å². The van der Waals surface area contributed by atoms with Crippen LogP contribution in [-0.4, -0.2) is 29.9 Å². The molecule has 1 heterocycles. The summed E-state index contributed by atoms with van der Waals surface area (Å²) in [6, 6.07) is 12.7. The molecule has 0 radical (unpaired) electrons. The van der Waals surface area contributed by atoms with E-state index in [0.29, 0.717) is 29.5 Å². The first-order valence-corrected chi connectivity index (χ1v) is 9.68. The van der Waals surface area contributed by atoms with Crippen LogP contribution in [0.25, 0.3) is 0 Å². The largest absolute Gasteiger partial charge is 0.326 e. The number of nitrogens with zero attached hydrogens (tertiary/aromatic N) is 1. The molecule has 7 heteroatoms. The Morgan fingerprint density at radius 1 is 1.07 bits per heavy atom. The van der Waals surface area contributed by atoms with Gasteiger partial charge in [0.15, 0.2) is 0 Å². The first-order chi connectivity index (χ1) is 13.4. The van der Waals surface area contributed by atoms with Crippen LogP contribution in [0.2, 0.25) is 5.02 Å². The van der Waals surface area contributed by atoms with Gasteiger partial charge in [-0.15, -0.1) is 0 Å². The van der Waals surface area contributed by atoms with Gasteiger partial charge in [0, 0.05) is 35.4 Å². The van der Waals surface area contributed by atoms with Gasteiger partial charge in [-0.2, -0.15) is 0 Å². The van der Waals surface area contributed by atoms with Crippen LogP contribution in [0.5, 0.6) is 0 Å². The average molecular weight is 404 g/mol. The van der Waals surface area contributed by atoms with E-state index in [-0.39, 0.29) is 29.6 Å². The molecule has 1 saturated heterocycles. The molecule has 5 nitrogen and oxygen atoms in total. The Labute approximate surface area is 168 Å². The van der Waals surface area contributed by atoms with Gasteiger partial charge in [-0.3, -0.25) is 4.79 Å². The lowest BCUT2D eigenvalue weighted by Gasteiger charge is -2.34. The lowest BCUT2D eigenvalue weighted by molar-refractivity contribution is -0.121. The average Bonchev–Trinajstić information content (AvgIpc) is 2.69. The van der Waals surface area contributed by atoms with Gasteiger partial charge in [-0.25, -0.2) is 9.18 Å². The predicted octanol–water partition coefficient (Wildman–Crippen LogP) is 5.00. The van der Waals surface area contributed by atoms with E-state index in [2.05, 4.69) is 10.6 Å². The van der Waals surface area contributed by atoms with Crippen LogP contribution < -0.4 is 10.6 Å². The Kier molecular flexibility index (Phi) is 6.52. The lowest BCUT2D eigenvalue weighted by atomic mass is 9.85. The van der Waals surface area contributed by atoms with Gasteiger partial charge in [-0.1, -0.05) is 24.6 Å². The van der Waals surface area contributed by atoms with Gasteiger partial charge in [0.1, 0.15) is 5.82 Å². The normalized spacial score (nSPS) is 15.8. The topological polar surface area (TPSA) is 61.4 Å². The minimum atomic E-state index is -0.384. The highest BCUT2D eigenvalue weighted by Gasteiger charge is 2.30. The Balaban J connectivity index is 1.49. The third-order valence-electron chi connectivity index (χ3n) is 5.14. The van der Waals surface area contributed by atoms with Crippen LogP contribution in [0.15, 0.2) is 48.5 Å². The third kappa shape index (κ3) is 5.23. The number of likely N-dealkylation sites (tertiary alicyclic amines) is 1. The Morgan fingerprint density at radius 2 is 1.75 bits per heavy atom. The van der Waals surface area contributed by atoms with E-state index < -0.39 is 0 Å². The molecule has 0 aromatic heterocycles. The number of carbonyl (C=O) groups is 2. The van der Waals surface area contributed by atoms with Crippen LogP contribution in [0.4, 0.5) is 20.6 Å². The number of piperidine rings is 1. The molecule has 0 saturated carbocycles. The van der Waals surface area contributed by atoms with Crippen molar-refractivity contribution < 1.29 is 14.0 Å². The first-order valence-electron chi connectivity index (χ1n) is 9.30. The van der Waals surface area contributed by atoms with Crippen molar-refractivity contribution in [3.63, 3.8) is 0 Å². The minimum absolute atomic E-state index is 0.130. The fraction of sp³-hybridized carbons (Fsp3) is 0.333. The van der Waals surface area contributed by atoms with Crippen molar-refractivity contribution in [2.75, 3.05) is 23.7 Å². The van der Waals surface area contributed by atoms with Crippen molar-refractivity contribution in [3.05, 3.63) is 59.4 Å². The van der Waals surface area contributed by atoms with Gasteiger partial charge >= 0.3 is 6.03 Å². The number of benzene rings is 2. The van der Waals surface area contributed by atoms with Crippen molar-refractivity contribution in [1.29, 1.82) is 0 Å². The number of rotatable bonds is 4. The highest BCUT2D eigenvalue weighted by Crippen LogP contribution is 2.27. The fourth-order valence-electron chi connectivity index (χ4n) is 3.37. The lowest BCUT2D eigenvalue weighted by Crippen LogP contribution is -2.43. The molecule has 1 aliphatic rings. The summed E-state index contributed by atoms with van der Waals surface area (Å²) in [6.07, 6.45) is 1.48. The van der Waals surface area contributed by atoms with Gasteiger partial charge in [0.2, 0.25) is 5.91 Å². The van der Waals surface area contributed by atoms with E-state index >= 15 is 0 Å². The molecule has 2 N–H and O–H groups in total. The molecule has 3 rings (SSSR count). The van der Waals surface area contributed by atoms with E-state index in [4.69, 9.17) is 11.6 Å². The molecule has 0 unspecified atom stereocenters. The highest BCUT2D eigenvalue weighted by atomic mass is 35.5. The molecule has 3 amide bonds.